The number of carbonyl (C=O) groups is 2. The summed E-state index contributed by atoms with van der Waals surface area (Å²) in [5, 5.41) is 11.0. The number of carbonyl (C=O) groups excluding carboxylic acids is 2. The molecule has 5 nitrogen and oxygen atoms in total. The maximum atomic E-state index is 11.2. The summed E-state index contributed by atoms with van der Waals surface area (Å²) in [6.45, 7) is 2.63. The second-order valence-electron chi connectivity index (χ2n) is 3.27. The molecule has 0 aromatic carbocycles. The van der Waals surface area contributed by atoms with Gasteiger partial charge in [0.25, 0.3) is 0 Å². The molecule has 0 aromatic heterocycles. The lowest BCUT2D eigenvalue weighted by Gasteiger charge is -2.04. The molecule has 1 N–H and O–H groups in total. The van der Waals surface area contributed by atoms with Crippen molar-refractivity contribution >= 4 is 11.9 Å². The molecule has 0 aromatic rings. The number of unbranched alkanes of at least 4 members (excludes halogenated alkanes) is 2. The lowest BCUT2D eigenvalue weighted by Crippen LogP contribution is -2.25. The van der Waals surface area contributed by atoms with Crippen molar-refractivity contribution in [3.05, 3.63) is 0 Å². The SMILES string of the molecule is CCOC(=O)CCC(=O)NCCCCC#N. The van der Waals surface area contributed by atoms with E-state index in [4.69, 9.17) is 10.00 Å². The molecule has 0 aliphatic carbocycles. The van der Waals surface area contributed by atoms with Crippen molar-refractivity contribution in [1.82, 2.24) is 5.32 Å². The third kappa shape index (κ3) is 9.00. The molecule has 1 amide bonds. The smallest absolute Gasteiger partial charge is 0.306 e. The van der Waals surface area contributed by atoms with Gasteiger partial charge in [-0.25, -0.2) is 0 Å². The lowest BCUT2D eigenvalue weighted by atomic mass is 10.2. The summed E-state index contributed by atoms with van der Waals surface area (Å²) in [7, 11) is 0. The molecule has 0 aliphatic rings. The van der Waals surface area contributed by atoms with E-state index in [0.717, 1.165) is 12.8 Å². The van der Waals surface area contributed by atoms with Crippen LogP contribution in [0.3, 0.4) is 0 Å². The van der Waals surface area contributed by atoms with Gasteiger partial charge in [-0.15, -0.1) is 0 Å². The maximum Gasteiger partial charge on any atom is 0.306 e. The highest BCUT2D eigenvalue weighted by atomic mass is 16.5. The molecule has 0 heterocycles. The molecule has 0 spiro atoms. The predicted molar refractivity (Wildman–Crippen MR) is 58.3 cm³/mol. The third-order valence-electron chi connectivity index (χ3n) is 1.90. The van der Waals surface area contributed by atoms with Crippen LogP contribution in [0.5, 0.6) is 0 Å². The minimum absolute atomic E-state index is 0.123. The first-order valence-electron chi connectivity index (χ1n) is 5.50. The summed E-state index contributed by atoms with van der Waals surface area (Å²) in [6, 6.07) is 2.04. The second kappa shape index (κ2) is 9.97. The molecule has 0 saturated carbocycles. The van der Waals surface area contributed by atoms with Crippen molar-refractivity contribution in [1.29, 1.82) is 5.26 Å². The molecule has 0 atom stereocenters. The largest absolute Gasteiger partial charge is 0.466 e. The summed E-state index contributed by atoms with van der Waals surface area (Å²) < 4.78 is 4.69. The topological polar surface area (TPSA) is 79.2 Å². The zero-order valence-electron chi connectivity index (χ0n) is 9.62. The number of hydrogen-bond acceptors (Lipinski definition) is 4. The monoisotopic (exact) mass is 226 g/mol. The van der Waals surface area contributed by atoms with Crippen LogP contribution in [-0.4, -0.2) is 25.0 Å². The van der Waals surface area contributed by atoms with E-state index in [-0.39, 0.29) is 24.7 Å². The fraction of sp³-hybridized carbons (Fsp3) is 0.727. The van der Waals surface area contributed by atoms with E-state index in [1.807, 2.05) is 6.07 Å². The molecule has 16 heavy (non-hydrogen) atoms. The van der Waals surface area contributed by atoms with Gasteiger partial charge in [0, 0.05) is 19.4 Å². The summed E-state index contributed by atoms with van der Waals surface area (Å²) in [5.74, 6) is -0.493. The Labute approximate surface area is 95.8 Å². The van der Waals surface area contributed by atoms with Gasteiger partial charge in [0.15, 0.2) is 0 Å². The van der Waals surface area contributed by atoms with Crippen LogP contribution < -0.4 is 5.32 Å². The Morgan fingerprint density at radius 1 is 1.31 bits per heavy atom. The predicted octanol–water partition coefficient (Wildman–Crippen LogP) is 1.14. The quantitative estimate of drug-likeness (QED) is 0.497. The Kier molecular flexibility index (Phi) is 8.99. The van der Waals surface area contributed by atoms with E-state index in [1.165, 1.54) is 0 Å². The number of nitriles is 1. The molecule has 0 rings (SSSR count). The zero-order valence-corrected chi connectivity index (χ0v) is 9.62. The van der Waals surface area contributed by atoms with Gasteiger partial charge in [-0.2, -0.15) is 5.26 Å². The zero-order chi connectivity index (χ0) is 12.2. The van der Waals surface area contributed by atoms with E-state index in [0.29, 0.717) is 19.6 Å². The van der Waals surface area contributed by atoms with Crippen molar-refractivity contribution < 1.29 is 14.3 Å². The van der Waals surface area contributed by atoms with Crippen LogP contribution in [0.25, 0.3) is 0 Å². The van der Waals surface area contributed by atoms with Gasteiger partial charge in [0.05, 0.1) is 19.1 Å². The molecular weight excluding hydrogens is 208 g/mol. The highest BCUT2D eigenvalue weighted by molar-refractivity contribution is 5.81. The van der Waals surface area contributed by atoms with Crippen LogP contribution in [0.15, 0.2) is 0 Å². The van der Waals surface area contributed by atoms with Gasteiger partial charge in [-0.05, 0) is 19.8 Å². The fourth-order valence-corrected chi connectivity index (χ4v) is 1.09. The Morgan fingerprint density at radius 3 is 2.69 bits per heavy atom. The maximum absolute atomic E-state index is 11.2. The van der Waals surface area contributed by atoms with Gasteiger partial charge in [0.1, 0.15) is 0 Å². The van der Waals surface area contributed by atoms with E-state index in [1.54, 1.807) is 6.92 Å². The number of hydrogen-bond donors (Lipinski definition) is 1. The minimum Gasteiger partial charge on any atom is -0.466 e. The Morgan fingerprint density at radius 2 is 2.06 bits per heavy atom. The van der Waals surface area contributed by atoms with Crippen molar-refractivity contribution in [3.63, 3.8) is 0 Å². The number of nitrogens with zero attached hydrogens (tertiary/aromatic N) is 1. The van der Waals surface area contributed by atoms with Gasteiger partial charge in [-0.1, -0.05) is 0 Å². The average Bonchev–Trinajstić information content (AvgIpc) is 2.26. The molecule has 90 valence electrons. The van der Waals surface area contributed by atoms with E-state index in [2.05, 4.69) is 5.32 Å². The molecule has 0 saturated heterocycles. The fourth-order valence-electron chi connectivity index (χ4n) is 1.09. The summed E-state index contributed by atoms with van der Waals surface area (Å²) in [5.41, 5.74) is 0. The van der Waals surface area contributed by atoms with E-state index >= 15 is 0 Å². The van der Waals surface area contributed by atoms with Crippen LogP contribution in [0, 0.1) is 11.3 Å². The summed E-state index contributed by atoms with van der Waals surface area (Å²) in [6.07, 6.45) is 2.38. The van der Waals surface area contributed by atoms with Crippen LogP contribution >= 0.6 is 0 Å². The first-order valence-corrected chi connectivity index (χ1v) is 5.50. The molecule has 0 unspecified atom stereocenters. The number of esters is 1. The van der Waals surface area contributed by atoms with Crippen LogP contribution in [0.2, 0.25) is 0 Å². The van der Waals surface area contributed by atoms with Gasteiger partial charge >= 0.3 is 5.97 Å². The van der Waals surface area contributed by atoms with E-state index in [9.17, 15) is 9.59 Å². The van der Waals surface area contributed by atoms with Crippen LogP contribution in [0.1, 0.15) is 39.0 Å². The molecule has 0 aliphatic heterocycles. The van der Waals surface area contributed by atoms with Crippen molar-refractivity contribution in [2.45, 2.75) is 39.0 Å². The van der Waals surface area contributed by atoms with Gasteiger partial charge in [-0.3, -0.25) is 9.59 Å². The normalized spacial score (nSPS) is 9.25. The second-order valence-corrected chi connectivity index (χ2v) is 3.27. The highest BCUT2D eigenvalue weighted by Crippen LogP contribution is 1.95. The first kappa shape index (κ1) is 14.4. The highest BCUT2D eigenvalue weighted by Gasteiger charge is 2.06. The lowest BCUT2D eigenvalue weighted by molar-refractivity contribution is -0.144. The van der Waals surface area contributed by atoms with Crippen LogP contribution in [-0.2, 0) is 14.3 Å². The number of amides is 1. The molecule has 0 fully saturated rings. The van der Waals surface area contributed by atoms with Gasteiger partial charge in [0.2, 0.25) is 5.91 Å². The van der Waals surface area contributed by atoms with E-state index < -0.39 is 0 Å². The molecule has 0 bridgehead atoms. The molecular formula is C11H18N2O3. The minimum atomic E-state index is -0.345. The van der Waals surface area contributed by atoms with Crippen LogP contribution in [0.4, 0.5) is 0 Å². The average molecular weight is 226 g/mol. The van der Waals surface area contributed by atoms with Crippen molar-refractivity contribution in [2.75, 3.05) is 13.2 Å². The summed E-state index contributed by atoms with van der Waals surface area (Å²) in [4.78, 5) is 22.1. The number of nitrogens with one attached hydrogen (secondary N) is 1. The Hall–Kier alpha value is -1.57. The summed E-state index contributed by atoms with van der Waals surface area (Å²) >= 11 is 0. The van der Waals surface area contributed by atoms with Gasteiger partial charge < -0.3 is 10.1 Å². The third-order valence-corrected chi connectivity index (χ3v) is 1.90. The standard InChI is InChI=1S/C11H18N2O3/c1-2-16-11(15)7-6-10(14)13-9-5-3-4-8-12/h2-7,9H2,1H3,(H,13,14). The van der Waals surface area contributed by atoms with Crippen molar-refractivity contribution in [2.24, 2.45) is 0 Å². The number of rotatable bonds is 8. The van der Waals surface area contributed by atoms with Crippen molar-refractivity contribution in [3.8, 4) is 6.07 Å². The Balaban J connectivity index is 3.38. The molecule has 0 radical (unpaired) electrons. The number of ether oxygens (including phenoxy) is 1. The molecule has 5 heteroatoms. The first-order chi connectivity index (χ1) is 7.70. The Bertz CT molecular complexity index is 258.